The number of imidazole rings is 1. The number of piperazine rings is 1. The van der Waals surface area contributed by atoms with Crippen LogP contribution in [-0.2, 0) is 9.30 Å². The van der Waals surface area contributed by atoms with Gasteiger partial charge in [-0.15, -0.1) is 0 Å². The van der Waals surface area contributed by atoms with Crippen molar-refractivity contribution in [3.8, 4) is 0 Å². The molecule has 43 heavy (non-hydrogen) atoms. The molecule has 1 fully saturated rings. The number of hydrogen-bond acceptors (Lipinski definition) is 8. The maximum absolute atomic E-state index is 14.7. The second kappa shape index (κ2) is 10.9. The predicted octanol–water partition coefficient (Wildman–Crippen LogP) is 5.06. The third kappa shape index (κ3) is 6.20. The van der Waals surface area contributed by atoms with Crippen LogP contribution in [0, 0.1) is 12.7 Å². The van der Waals surface area contributed by atoms with Gasteiger partial charge in [-0.2, -0.15) is 0 Å². The van der Waals surface area contributed by atoms with Crippen LogP contribution in [0.25, 0.3) is 16.7 Å². The second-order valence-corrected chi connectivity index (χ2v) is 15.7. The highest BCUT2D eigenvalue weighted by atomic mass is 31.2. The van der Waals surface area contributed by atoms with Crippen LogP contribution in [0.5, 0.6) is 0 Å². The average molecular weight is 610 g/mol. The Morgan fingerprint density at radius 3 is 2.37 bits per heavy atom. The minimum atomic E-state index is -2.81. The van der Waals surface area contributed by atoms with Gasteiger partial charge in [-0.3, -0.25) is 9.69 Å². The van der Waals surface area contributed by atoms with Crippen molar-refractivity contribution in [3.05, 3.63) is 53.9 Å². The number of amides is 2. The summed E-state index contributed by atoms with van der Waals surface area (Å²) in [4.78, 5) is 43.9. The van der Waals surface area contributed by atoms with E-state index in [0.29, 0.717) is 29.7 Å². The third-order valence-electron chi connectivity index (χ3n) is 7.21. The van der Waals surface area contributed by atoms with Gasteiger partial charge in [0.05, 0.1) is 40.9 Å². The topological polar surface area (TPSA) is 122 Å². The Labute approximate surface area is 249 Å². The largest absolute Gasteiger partial charge is 0.444 e. The molecule has 0 saturated carbocycles. The molecule has 2 atom stereocenters. The van der Waals surface area contributed by atoms with Crippen molar-refractivity contribution in [1.29, 1.82) is 0 Å². The number of anilines is 2. The molecule has 1 aromatic carbocycles. The van der Waals surface area contributed by atoms with E-state index in [1.165, 1.54) is 16.7 Å². The highest BCUT2D eigenvalue weighted by Crippen LogP contribution is 2.36. The lowest BCUT2D eigenvalue weighted by atomic mass is 10.1. The molecule has 1 aliphatic rings. The molecule has 4 aromatic rings. The van der Waals surface area contributed by atoms with Gasteiger partial charge in [-0.25, -0.2) is 24.1 Å². The SMILES string of the molecule is Cc1cn2cc(NC(=O)c3ccc(N4C[C@@H](C)N(C(=O)OC(C)(C)C)[C@@H](C)C4)c4ncc(P(C)(C)=O)nc34)cc(F)c2n1. The predicted molar refractivity (Wildman–Crippen MR) is 166 cm³/mol. The number of pyridine rings is 1. The number of carbonyl (C=O) groups is 2. The number of aromatic nitrogens is 4. The molecule has 1 N–H and O–H groups in total. The average Bonchev–Trinajstić information content (AvgIpc) is 3.26. The number of hydrogen-bond donors (Lipinski definition) is 1. The van der Waals surface area contributed by atoms with Gasteiger partial charge in [0.2, 0.25) is 0 Å². The Kier molecular flexibility index (Phi) is 7.71. The first-order valence-corrected chi connectivity index (χ1v) is 16.7. The number of carbonyl (C=O) groups excluding carboxylic acids is 2. The van der Waals surface area contributed by atoms with E-state index in [9.17, 15) is 18.5 Å². The molecule has 228 valence electrons. The monoisotopic (exact) mass is 609 g/mol. The van der Waals surface area contributed by atoms with Crippen LogP contribution in [0.3, 0.4) is 0 Å². The number of ether oxygens (including phenoxy) is 1. The molecule has 0 radical (unpaired) electrons. The highest BCUT2D eigenvalue weighted by molar-refractivity contribution is 7.69. The first-order chi connectivity index (χ1) is 20.0. The smallest absolute Gasteiger partial charge is 0.410 e. The summed E-state index contributed by atoms with van der Waals surface area (Å²) in [7, 11) is -2.81. The van der Waals surface area contributed by atoms with Crippen molar-refractivity contribution >= 4 is 52.6 Å². The van der Waals surface area contributed by atoms with Gasteiger partial charge in [0.1, 0.15) is 29.2 Å². The number of rotatable bonds is 4. The van der Waals surface area contributed by atoms with Gasteiger partial charge in [0, 0.05) is 31.5 Å². The zero-order chi connectivity index (χ0) is 31.4. The highest BCUT2D eigenvalue weighted by Gasteiger charge is 2.36. The summed E-state index contributed by atoms with van der Waals surface area (Å²) in [5.74, 6) is -1.09. The fourth-order valence-corrected chi connectivity index (χ4v) is 6.09. The summed E-state index contributed by atoms with van der Waals surface area (Å²) in [5, 5.41) is 2.76. The number of aryl methyl sites for hydroxylation is 1. The van der Waals surface area contributed by atoms with Crippen molar-refractivity contribution < 1.29 is 23.3 Å². The molecule has 0 bridgehead atoms. The zero-order valence-corrected chi connectivity index (χ0v) is 26.6. The third-order valence-corrected chi connectivity index (χ3v) is 8.53. The molecule has 5 rings (SSSR count). The van der Waals surface area contributed by atoms with Crippen molar-refractivity contribution in [2.24, 2.45) is 0 Å². The van der Waals surface area contributed by atoms with E-state index in [0.717, 1.165) is 5.69 Å². The molecule has 1 aliphatic heterocycles. The van der Waals surface area contributed by atoms with E-state index < -0.39 is 24.5 Å². The van der Waals surface area contributed by atoms with Crippen molar-refractivity contribution in [2.45, 2.75) is 59.2 Å². The van der Waals surface area contributed by atoms with Gasteiger partial charge in [-0.1, -0.05) is 0 Å². The first kappa shape index (κ1) is 30.4. The molecule has 3 aromatic heterocycles. The molecule has 1 saturated heterocycles. The van der Waals surface area contributed by atoms with E-state index in [2.05, 4.69) is 25.2 Å². The Bertz CT molecular complexity index is 1780. The number of nitrogens with zero attached hydrogens (tertiary/aromatic N) is 6. The normalized spacial score (nSPS) is 17.9. The molecule has 4 heterocycles. The van der Waals surface area contributed by atoms with Gasteiger partial charge in [-0.05, 0) is 67.0 Å². The van der Waals surface area contributed by atoms with Crippen LogP contribution in [0.15, 0.2) is 36.8 Å². The summed E-state index contributed by atoms with van der Waals surface area (Å²) in [6.45, 7) is 15.4. The lowest BCUT2D eigenvalue weighted by Crippen LogP contribution is -2.59. The van der Waals surface area contributed by atoms with Crippen LogP contribution in [0.1, 0.15) is 50.7 Å². The number of nitrogens with one attached hydrogen (secondary N) is 1. The van der Waals surface area contributed by atoms with Gasteiger partial charge < -0.3 is 23.9 Å². The standard InChI is InChI=1S/C30H37FN7O4P/c1-17-13-37-16-20(11-22(31)27(37)33-17)34-28(39)21-9-10-23(26-25(21)35-24(12-32-26)43(7,8)41)36-14-18(2)38(19(3)15-36)29(40)42-30(4,5)6/h9-13,16,18-19H,14-15H2,1-8H3,(H,34,39)/t18-,19+. The maximum atomic E-state index is 14.7. The number of fused-ring (bicyclic) bond motifs is 2. The minimum absolute atomic E-state index is 0.165. The van der Waals surface area contributed by atoms with Crippen LogP contribution in [0.2, 0.25) is 0 Å². The summed E-state index contributed by atoms with van der Waals surface area (Å²) in [6.07, 6.45) is 4.38. The summed E-state index contributed by atoms with van der Waals surface area (Å²) in [6, 6.07) is 4.31. The minimum Gasteiger partial charge on any atom is -0.444 e. The lowest BCUT2D eigenvalue weighted by Gasteiger charge is -2.45. The summed E-state index contributed by atoms with van der Waals surface area (Å²) < 4.78 is 34.8. The lowest BCUT2D eigenvalue weighted by molar-refractivity contribution is 0.00566. The Morgan fingerprint density at radius 2 is 1.74 bits per heavy atom. The van der Waals surface area contributed by atoms with Crippen LogP contribution in [-0.4, -0.2) is 80.4 Å². The molecular weight excluding hydrogens is 572 g/mol. The first-order valence-electron chi connectivity index (χ1n) is 14.1. The molecule has 2 amide bonds. The van der Waals surface area contributed by atoms with Crippen LogP contribution >= 0.6 is 7.14 Å². The van der Waals surface area contributed by atoms with E-state index in [-0.39, 0.29) is 40.6 Å². The van der Waals surface area contributed by atoms with Crippen molar-refractivity contribution in [2.75, 3.05) is 36.6 Å². The molecule has 13 heteroatoms. The van der Waals surface area contributed by atoms with E-state index in [4.69, 9.17) is 4.74 Å². The Hall–Kier alpha value is -4.05. The Morgan fingerprint density at radius 1 is 1.07 bits per heavy atom. The van der Waals surface area contributed by atoms with E-state index in [1.54, 1.807) is 49.7 Å². The van der Waals surface area contributed by atoms with E-state index >= 15 is 0 Å². The molecular formula is C30H37FN7O4P. The molecule has 11 nitrogen and oxygen atoms in total. The van der Waals surface area contributed by atoms with Gasteiger partial charge >= 0.3 is 6.09 Å². The van der Waals surface area contributed by atoms with Gasteiger partial charge in [0.25, 0.3) is 5.91 Å². The summed E-state index contributed by atoms with van der Waals surface area (Å²) in [5.41, 5.74) is 2.42. The fraction of sp³-hybridized carbons (Fsp3) is 0.433. The number of halogens is 1. The summed E-state index contributed by atoms with van der Waals surface area (Å²) >= 11 is 0. The van der Waals surface area contributed by atoms with E-state index in [1.807, 2.05) is 34.6 Å². The zero-order valence-electron chi connectivity index (χ0n) is 25.7. The second-order valence-electron chi connectivity index (χ2n) is 12.5. The maximum Gasteiger partial charge on any atom is 0.410 e. The number of benzene rings is 1. The molecule has 0 aliphatic carbocycles. The Balaban J connectivity index is 1.51. The van der Waals surface area contributed by atoms with Gasteiger partial charge in [0.15, 0.2) is 11.5 Å². The van der Waals surface area contributed by atoms with Crippen LogP contribution in [0.4, 0.5) is 20.6 Å². The van der Waals surface area contributed by atoms with Crippen molar-refractivity contribution in [1.82, 2.24) is 24.3 Å². The molecule has 0 unspecified atom stereocenters. The molecule has 0 spiro atoms. The van der Waals surface area contributed by atoms with Crippen molar-refractivity contribution in [3.63, 3.8) is 0 Å². The van der Waals surface area contributed by atoms with Crippen LogP contribution < -0.4 is 15.7 Å². The fourth-order valence-electron chi connectivity index (χ4n) is 5.41. The quantitative estimate of drug-likeness (QED) is 0.319.